The lowest BCUT2D eigenvalue weighted by Gasteiger charge is -2.16. The highest BCUT2D eigenvalue weighted by atomic mass is 32.1. The summed E-state index contributed by atoms with van der Waals surface area (Å²) in [5.74, 6) is -0.817. The molecule has 0 unspecified atom stereocenters. The number of aliphatic carboxylic acids is 1. The minimum Gasteiger partial charge on any atom is -0.480 e. The van der Waals surface area contributed by atoms with Crippen LogP contribution in [0.25, 0.3) is 0 Å². The maximum absolute atomic E-state index is 11.6. The molecule has 1 aromatic rings. The van der Waals surface area contributed by atoms with Gasteiger partial charge in [-0.25, -0.2) is 14.6 Å². The number of amides is 2. The normalized spacial score (nSPS) is 12.2. The molecule has 1 atom stereocenters. The van der Waals surface area contributed by atoms with Crippen molar-refractivity contribution in [2.45, 2.75) is 39.8 Å². The molecule has 0 radical (unpaired) electrons. The number of aromatic nitrogens is 1. The first-order chi connectivity index (χ1) is 8.90. The van der Waals surface area contributed by atoms with Crippen LogP contribution in [0, 0.1) is 12.8 Å². The Balaban J connectivity index is 2.45. The molecule has 7 heteroatoms. The molecule has 2 amide bonds. The van der Waals surface area contributed by atoms with E-state index in [1.54, 1.807) is 5.51 Å². The van der Waals surface area contributed by atoms with Crippen LogP contribution in [-0.4, -0.2) is 28.1 Å². The van der Waals surface area contributed by atoms with Gasteiger partial charge in [0.2, 0.25) is 0 Å². The van der Waals surface area contributed by atoms with Gasteiger partial charge in [0, 0.05) is 4.88 Å². The highest BCUT2D eigenvalue weighted by molar-refractivity contribution is 7.09. The number of carboxylic acids is 1. The van der Waals surface area contributed by atoms with Crippen molar-refractivity contribution in [2.75, 3.05) is 0 Å². The van der Waals surface area contributed by atoms with Crippen molar-refractivity contribution in [3.63, 3.8) is 0 Å². The summed E-state index contributed by atoms with van der Waals surface area (Å²) in [7, 11) is 0. The van der Waals surface area contributed by atoms with Crippen molar-refractivity contribution in [3.8, 4) is 0 Å². The number of urea groups is 1. The minimum atomic E-state index is -1.02. The van der Waals surface area contributed by atoms with Gasteiger partial charge in [0.05, 0.1) is 17.7 Å². The van der Waals surface area contributed by atoms with Crippen LogP contribution in [0.15, 0.2) is 5.51 Å². The zero-order valence-corrected chi connectivity index (χ0v) is 12.1. The van der Waals surface area contributed by atoms with Gasteiger partial charge in [-0.2, -0.15) is 0 Å². The van der Waals surface area contributed by atoms with E-state index >= 15 is 0 Å². The Morgan fingerprint density at radius 2 is 2.16 bits per heavy atom. The monoisotopic (exact) mass is 285 g/mol. The van der Waals surface area contributed by atoms with Crippen LogP contribution in [0.5, 0.6) is 0 Å². The standard InChI is InChI=1S/C12H19N3O3S/c1-7(2)4-9(11(16)17)15-12(18)13-5-10-8(3)14-6-19-10/h6-7,9H,4-5H2,1-3H3,(H,16,17)(H2,13,15,18)/t9-/m0/s1. The van der Waals surface area contributed by atoms with Gasteiger partial charge in [-0.3, -0.25) is 0 Å². The number of thiazole rings is 1. The first kappa shape index (κ1) is 15.4. The van der Waals surface area contributed by atoms with Gasteiger partial charge in [-0.15, -0.1) is 11.3 Å². The lowest BCUT2D eigenvalue weighted by Crippen LogP contribution is -2.46. The summed E-state index contributed by atoms with van der Waals surface area (Å²) in [4.78, 5) is 27.7. The molecule has 0 spiro atoms. The molecule has 0 saturated carbocycles. The van der Waals surface area contributed by atoms with E-state index in [0.717, 1.165) is 10.6 Å². The first-order valence-corrected chi connectivity index (χ1v) is 6.94. The van der Waals surface area contributed by atoms with Crippen LogP contribution in [0.2, 0.25) is 0 Å². The predicted molar refractivity (Wildman–Crippen MR) is 73.1 cm³/mol. The molecular weight excluding hydrogens is 266 g/mol. The number of nitrogens with one attached hydrogen (secondary N) is 2. The molecule has 0 fully saturated rings. The molecule has 6 nitrogen and oxygen atoms in total. The number of hydrogen-bond donors (Lipinski definition) is 3. The molecule has 0 aliphatic rings. The minimum absolute atomic E-state index is 0.199. The summed E-state index contributed by atoms with van der Waals surface area (Å²) in [5.41, 5.74) is 2.59. The van der Waals surface area contributed by atoms with Crippen molar-refractivity contribution >= 4 is 23.3 Å². The lowest BCUT2D eigenvalue weighted by molar-refractivity contribution is -0.139. The van der Waals surface area contributed by atoms with Crippen molar-refractivity contribution in [2.24, 2.45) is 5.92 Å². The summed E-state index contributed by atoms with van der Waals surface area (Å²) < 4.78 is 0. The van der Waals surface area contributed by atoms with Gasteiger partial charge >= 0.3 is 12.0 Å². The fraction of sp³-hybridized carbons (Fsp3) is 0.583. The summed E-state index contributed by atoms with van der Waals surface area (Å²) in [6.45, 7) is 6.05. The lowest BCUT2D eigenvalue weighted by atomic mass is 10.0. The molecular formula is C12H19N3O3S. The van der Waals surface area contributed by atoms with Gasteiger partial charge in [-0.05, 0) is 19.3 Å². The molecule has 106 valence electrons. The van der Waals surface area contributed by atoms with E-state index in [-0.39, 0.29) is 5.92 Å². The number of carbonyl (C=O) groups excluding carboxylic acids is 1. The Labute approximate surface area is 116 Å². The van der Waals surface area contributed by atoms with Gasteiger partial charge in [0.15, 0.2) is 0 Å². The van der Waals surface area contributed by atoms with E-state index in [4.69, 9.17) is 5.11 Å². The van der Waals surface area contributed by atoms with Crippen molar-refractivity contribution in [1.29, 1.82) is 0 Å². The van der Waals surface area contributed by atoms with Gasteiger partial charge < -0.3 is 15.7 Å². The van der Waals surface area contributed by atoms with Crippen LogP contribution in [0.1, 0.15) is 30.8 Å². The maximum Gasteiger partial charge on any atom is 0.326 e. The predicted octanol–water partition coefficient (Wildman–Crippen LogP) is 1.75. The van der Waals surface area contributed by atoms with Crippen LogP contribution >= 0.6 is 11.3 Å². The Bertz CT molecular complexity index is 445. The first-order valence-electron chi connectivity index (χ1n) is 6.06. The molecule has 0 aliphatic carbocycles. The average Bonchev–Trinajstić information content (AvgIpc) is 2.70. The molecule has 1 heterocycles. The second-order valence-corrected chi connectivity index (χ2v) is 5.65. The van der Waals surface area contributed by atoms with Gasteiger partial charge in [0.1, 0.15) is 6.04 Å². The Morgan fingerprint density at radius 3 is 2.63 bits per heavy atom. The number of aryl methyl sites for hydroxylation is 1. The zero-order chi connectivity index (χ0) is 14.4. The SMILES string of the molecule is Cc1ncsc1CNC(=O)N[C@@H](CC(C)C)C(=O)O. The number of hydrogen-bond acceptors (Lipinski definition) is 4. The highest BCUT2D eigenvalue weighted by Crippen LogP contribution is 2.11. The molecule has 0 saturated heterocycles. The summed E-state index contributed by atoms with van der Waals surface area (Å²) in [6, 6.07) is -1.33. The van der Waals surface area contributed by atoms with Crippen LogP contribution in [0.3, 0.4) is 0 Å². The third-order valence-electron chi connectivity index (χ3n) is 2.56. The average molecular weight is 285 g/mol. The Morgan fingerprint density at radius 1 is 1.47 bits per heavy atom. The number of carbonyl (C=O) groups is 2. The van der Waals surface area contributed by atoms with E-state index in [1.165, 1.54) is 11.3 Å². The van der Waals surface area contributed by atoms with E-state index in [1.807, 2.05) is 20.8 Å². The third kappa shape index (κ3) is 5.25. The van der Waals surface area contributed by atoms with Gasteiger partial charge in [0.25, 0.3) is 0 Å². The van der Waals surface area contributed by atoms with Gasteiger partial charge in [-0.1, -0.05) is 13.8 Å². The molecule has 1 rings (SSSR count). The largest absolute Gasteiger partial charge is 0.480 e. The fourth-order valence-corrected chi connectivity index (χ4v) is 2.28. The molecule has 19 heavy (non-hydrogen) atoms. The second kappa shape index (κ2) is 7.08. The highest BCUT2D eigenvalue weighted by Gasteiger charge is 2.20. The quantitative estimate of drug-likeness (QED) is 0.742. The Hall–Kier alpha value is -1.63. The second-order valence-electron chi connectivity index (χ2n) is 4.71. The summed E-state index contributed by atoms with van der Waals surface area (Å²) in [5, 5.41) is 14.1. The number of rotatable bonds is 6. The van der Waals surface area contributed by atoms with E-state index in [9.17, 15) is 9.59 Å². The molecule has 0 aromatic carbocycles. The van der Waals surface area contributed by atoms with E-state index in [2.05, 4.69) is 15.6 Å². The fourth-order valence-electron chi connectivity index (χ4n) is 1.56. The zero-order valence-electron chi connectivity index (χ0n) is 11.3. The van der Waals surface area contributed by atoms with Crippen LogP contribution in [0.4, 0.5) is 4.79 Å². The van der Waals surface area contributed by atoms with Crippen LogP contribution < -0.4 is 10.6 Å². The number of nitrogens with zero attached hydrogens (tertiary/aromatic N) is 1. The summed E-state index contributed by atoms with van der Waals surface area (Å²) in [6.07, 6.45) is 0.405. The topological polar surface area (TPSA) is 91.3 Å². The molecule has 0 bridgehead atoms. The van der Waals surface area contributed by atoms with E-state index < -0.39 is 18.0 Å². The van der Waals surface area contributed by atoms with Crippen LogP contribution in [-0.2, 0) is 11.3 Å². The van der Waals surface area contributed by atoms with Crippen molar-refractivity contribution in [3.05, 3.63) is 16.1 Å². The third-order valence-corrected chi connectivity index (χ3v) is 3.50. The van der Waals surface area contributed by atoms with Crippen molar-refractivity contribution in [1.82, 2.24) is 15.6 Å². The number of carboxylic acid groups (broad SMARTS) is 1. The smallest absolute Gasteiger partial charge is 0.326 e. The molecule has 0 aliphatic heterocycles. The summed E-state index contributed by atoms with van der Waals surface area (Å²) >= 11 is 1.46. The molecule has 1 aromatic heterocycles. The Kier molecular flexibility index (Phi) is 5.75. The molecule has 3 N–H and O–H groups in total. The van der Waals surface area contributed by atoms with E-state index in [0.29, 0.717) is 13.0 Å². The maximum atomic E-state index is 11.6. The van der Waals surface area contributed by atoms with Crippen molar-refractivity contribution < 1.29 is 14.7 Å².